The maximum absolute atomic E-state index is 12.9. The van der Waals surface area contributed by atoms with Crippen molar-refractivity contribution in [1.82, 2.24) is 4.90 Å². The van der Waals surface area contributed by atoms with E-state index in [1.807, 2.05) is 6.92 Å². The van der Waals surface area contributed by atoms with Crippen molar-refractivity contribution in [3.05, 3.63) is 0 Å². The third-order valence-corrected chi connectivity index (χ3v) is 5.31. The van der Waals surface area contributed by atoms with E-state index in [0.29, 0.717) is 26.0 Å². The summed E-state index contributed by atoms with van der Waals surface area (Å²) in [5.41, 5.74) is 5.74. The molecule has 2 fully saturated rings. The van der Waals surface area contributed by atoms with Gasteiger partial charge < -0.3 is 10.5 Å². The number of morpholine rings is 1. The molecule has 0 radical (unpaired) electrons. The number of rotatable bonds is 3. The number of ether oxygens (including phenoxy) is 1. The fourth-order valence-electron chi connectivity index (χ4n) is 3.85. The Morgan fingerprint density at radius 2 is 1.90 bits per heavy atom. The van der Waals surface area contributed by atoms with Gasteiger partial charge in [-0.05, 0) is 39.0 Å². The van der Waals surface area contributed by atoms with Crippen molar-refractivity contribution in [3.8, 4) is 0 Å². The molecule has 0 bridgehead atoms. The molecule has 1 heterocycles. The van der Waals surface area contributed by atoms with E-state index in [4.69, 9.17) is 10.5 Å². The van der Waals surface area contributed by atoms with Gasteiger partial charge in [0.25, 0.3) is 0 Å². The molecule has 0 aromatic carbocycles. The Morgan fingerprint density at radius 1 is 1.29 bits per heavy atom. The van der Waals surface area contributed by atoms with Gasteiger partial charge in [-0.1, -0.05) is 6.92 Å². The van der Waals surface area contributed by atoms with E-state index < -0.39 is 12.1 Å². The highest BCUT2D eigenvalue weighted by molar-refractivity contribution is 5.00. The highest BCUT2D eigenvalue weighted by Gasteiger charge is 2.49. The molecule has 1 saturated heterocycles. The summed E-state index contributed by atoms with van der Waals surface area (Å²) in [6.45, 7) is 5.97. The Morgan fingerprint density at radius 3 is 2.38 bits per heavy atom. The first-order chi connectivity index (χ1) is 9.82. The predicted molar refractivity (Wildman–Crippen MR) is 76.0 cm³/mol. The number of nitrogens with two attached hydrogens (primary N) is 1. The summed E-state index contributed by atoms with van der Waals surface area (Å²) in [7, 11) is 0. The fraction of sp³-hybridized carbons (Fsp3) is 1.00. The molecule has 0 amide bonds. The lowest BCUT2D eigenvalue weighted by molar-refractivity contribution is -0.193. The second kappa shape index (κ2) is 6.42. The van der Waals surface area contributed by atoms with Crippen molar-refractivity contribution in [3.63, 3.8) is 0 Å². The van der Waals surface area contributed by atoms with Crippen LogP contribution in [0.2, 0.25) is 0 Å². The first kappa shape index (κ1) is 17.0. The smallest absolute Gasteiger partial charge is 0.376 e. The van der Waals surface area contributed by atoms with Gasteiger partial charge in [-0.3, -0.25) is 4.90 Å². The van der Waals surface area contributed by atoms with Gasteiger partial charge in [0.2, 0.25) is 0 Å². The minimum atomic E-state index is -4.07. The first-order valence-electron chi connectivity index (χ1n) is 7.97. The molecule has 1 aliphatic heterocycles. The average molecular weight is 308 g/mol. The summed E-state index contributed by atoms with van der Waals surface area (Å²) in [4.78, 5) is 2.35. The molecule has 2 atom stereocenters. The van der Waals surface area contributed by atoms with Crippen molar-refractivity contribution in [2.24, 2.45) is 11.7 Å². The number of alkyl halides is 3. The normalized spacial score (nSPS) is 39.4. The van der Waals surface area contributed by atoms with Crippen LogP contribution in [0, 0.1) is 5.92 Å². The average Bonchev–Trinajstić information content (AvgIpc) is 2.46. The van der Waals surface area contributed by atoms with Gasteiger partial charge in [0.05, 0.1) is 18.6 Å². The monoisotopic (exact) mass is 308 g/mol. The van der Waals surface area contributed by atoms with Crippen LogP contribution in [0.25, 0.3) is 0 Å². The molecule has 1 saturated carbocycles. The topological polar surface area (TPSA) is 38.5 Å². The van der Waals surface area contributed by atoms with Gasteiger partial charge in [0, 0.05) is 24.7 Å². The van der Waals surface area contributed by atoms with Crippen molar-refractivity contribution in [1.29, 1.82) is 0 Å². The van der Waals surface area contributed by atoms with E-state index in [9.17, 15) is 13.2 Å². The molecule has 2 aliphatic rings. The van der Waals surface area contributed by atoms with Crippen LogP contribution in [-0.2, 0) is 4.74 Å². The van der Waals surface area contributed by atoms with Crippen molar-refractivity contribution in [2.45, 2.75) is 69.8 Å². The second-order valence-electron chi connectivity index (χ2n) is 6.60. The number of hydrogen-bond donors (Lipinski definition) is 1. The first-order valence-corrected chi connectivity index (χ1v) is 7.97. The summed E-state index contributed by atoms with van der Waals surface area (Å²) in [5.74, 6) is -1.16. The van der Waals surface area contributed by atoms with Gasteiger partial charge in [0.15, 0.2) is 0 Å². The molecule has 2 unspecified atom stereocenters. The zero-order valence-electron chi connectivity index (χ0n) is 13.0. The second-order valence-corrected chi connectivity index (χ2v) is 6.60. The summed E-state index contributed by atoms with van der Waals surface area (Å²) >= 11 is 0. The molecular formula is C15H27F3N2O. The summed E-state index contributed by atoms with van der Waals surface area (Å²) < 4.78 is 44.3. The molecule has 0 aromatic heterocycles. The van der Waals surface area contributed by atoms with Crippen LogP contribution >= 0.6 is 0 Å². The molecule has 2 N–H and O–H groups in total. The Labute approximate surface area is 125 Å². The van der Waals surface area contributed by atoms with Crippen molar-refractivity contribution >= 4 is 0 Å². The van der Waals surface area contributed by atoms with Gasteiger partial charge in [0.1, 0.15) is 0 Å². The minimum Gasteiger partial charge on any atom is -0.376 e. The lowest BCUT2D eigenvalue weighted by Gasteiger charge is -2.53. The van der Waals surface area contributed by atoms with Gasteiger partial charge in [-0.15, -0.1) is 0 Å². The van der Waals surface area contributed by atoms with E-state index in [1.54, 1.807) is 0 Å². The molecule has 1 aliphatic carbocycles. The molecular weight excluding hydrogens is 281 g/mol. The summed E-state index contributed by atoms with van der Waals surface area (Å²) in [5, 5.41) is 0. The molecule has 3 nitrogen and oxygen atoms in total. The molecule has 21 heavy (non-hydrogen) atoms. The lowest BCUT2D eigenvalue weighted by atomic mass is 9.74. The Balaban J connectivity index is 2.11. The van der Waals surface area contributed by atoms with Gasteiger partial charge in [-0.25, -0.2) is 0 Å². The maximum atomic E-state index is 12.9. The zero-order valence-corrected chi connectivity index (χ0v) is 13.0. The van der Waals surface area contributed by atoms with Crippen LogP contribution < -0.4 is 5.73 Å². The standard InChI is InChI=1S/C15H27F3N2O/c1-3-13-9-21-11(2)8-20(13)14(10-19)6-4-12(5-7-14)15(16,17)18/h11-13H,3-10,19H2,1-2H3. The highest BCUT2D eigenvalue weighted by Crippen LogP contribution is 2.44. The summed E-state index contributed by atoms with van der Waals surface area (Å²) in [6.07, 6.45) is -1.53. The molecule has 0 aromatic rings. The van der Waals surface area contributed by atoms with Crippen LogP contribution in [0.3, 0.4) is 0 Å². The highest BCUT2D eigenvalue weighted by atomic mass is 19.4. The lowest BCUT2D eigenvalue weighted by Crippen LogP contribution is -2.64. The van der Waals surface area contributed by atoms with Crippen molar-refractivity contribution < 1.29 is 17.9 Å². The number of hydrogen-bond acceptors (Lipinski definition) is 3. The summed E-state index contributed by atoms with van der Waals surface area (Å²) in [6, 6.07) is 0.271. The predicted octanol–water partition coefficient (Wildman–Crippen LogP) is 2.94. The van der Waals surface area contributed by atoms with Crippen LogP contribution in [0.4, 0.5) is 13.2 Å². The number of halogens is 3. The van der Waals surface area contributed by atoms with Crippen LogP contribution in [-0.4, -0.2) is 48.5 Å². The van der Waals surface area contributed by atoms with Gasteiger partial charge in [-0.2, -0.15) is 13.2 Å². The maximum Gasteiger partial charge on any atom is 0.391 e. The molecule has 6 heteroatoms. The fourth-order valence-corrected chi connectivity index (χ4v) is 3.85. The van der Waals surface area contributed by atoms with E-state index in [1.165, 1.54) is 0 Å². The zero-order chi connectivity index (χ0) is 15.7. The van der Waals surface area contributed by atoms with Crippen molar-refractivity contribution in [2.75, 3.05) is 19.7 Å². The Kier molecular flexibility index (Phi) is 5.21. The van der Waals surface area contributed by atoms with Crippen LogP contribution in [0.15, 0.2) is 0 Å². The third-order valence-electron chi connectivity index (χ3n) is 5.31. The molecule has 0 spiro atoms. The molecule has 124 valence electrons. The third kappa shape index (κ3) is 3.54. The van der Waals surface area contributed by atoms with E-state index >= 15 is 0 Å². The SMILES string of the molecule is CCC1COC(C)CN1C1(CN)CCC(C(F)(F)F)CC1. The quantitative estimate of drug-likeness (QED) is 0.871. The largest absolute Gasteiger partial charge is 0.391 e. The van der Waals surface area contributed by atoms with Gasteiger partial charge >= 0.3 is 6.18 Å². The Hall–Kier alpha value is -0.330. The van der Waals surface area contributed by atoms with E-state index in [-0.39, 0.29) is 30.5 Å². The Bertz CT molecular complexity index is 340. The number of nitrogens with zero attached hydrogens (tertiary/aromatic N) is 1. The van der Waals surface area contributed by atoms with E-state index in [0.717, 1.165) is 13.0 Å². The van der Waals surface area contributed by atoms with E-state index in [2.05, 4.69) is 11.8 Å². The van der Waals surface area contributed by atoms with Crippen LogP contribution in [0.5, 0.6) is 0 Å². The van der Waals surface area contributed by atoms with Crippen LogP contribution in [0.1, 0.15) is 46.0 Å². The molecule has 2 rings (SSSR count). The minimum absolute atomic E-state index is 0.122.